The van der Waals surface area contributed by atoms with Gasteiger partial charge in [0.1, 0.15) is 11.9 Å². The van der Waals surface area contributed by atoms with Gasteiger partial charge in [-0.3, -0.25) is 4.79 Å². The summed E-state index contributed by atoms with van der Waals surface area (Å²) in [6.45, 7) is 7.48. The van der Waals surface area contributed by atoms with Crippen LogP contribution in [0.1, 0.15) is 43.9 Å². The maximum atomic E-state index is 12.2. The third-order valence-corrected chi connectivity index (χ3v) is 3.76. The number of rotatable bonds is 4. The van der Waals surface area contributed by atoms with Gasteiger partial charge in [-0.2, -0.15) is 0 Å². The molecular weight excluding hydrogens is 316 g/mol. The summed E-state index contributed by atoms with van der Waals surface area (Å²) in [5.41, 5.74) is -0.995. The van der Waals surface area contributed by atoms with Crippen molar-refractivity contribution >= 4 is 17.5 Å². The first-order valence-electron chi connectivity index (χ1n) is 7.29. The van der Waals surface area contributed by atoms with Crippen molar-refractivity contribution in [3.63, 3.8) is 0 Å². The second-order valence-corrected chi connectivity index (χ2v) is 7.03. The van der Waals surface area contributed by atoms with Gasteiger partial charge in [-0.05, 0) is 33.8 Å². The molecule has 1 unspecified atom stereocenters. The molecule has 124 valence electrons. The smallest absolute Gasteiger partial charge is 0.291 e. The molecule has 1 atom stereocenters. The van der Waals surface area contributed by atoms with Crippen LogP contribution in [0.5, 0.6) is 0 Å². The number of hydrogen-bond acceptors (Lipinski definition) is 4. The van der Waals surface area contributed by atoms with Crippen molar-refractivity contribution in [2.75, 3.05) is 6.54 Å². The van der Waals surface area contributed by atoms with E-state index in [-0.39, 0.29) is 17.9 Å². The molecule has 23 heavy (non-hydrogen) atoms. The Morgan fingerprint density at radius 3 is 2.52 bits per heavy atom. The molecule has 1 amide bonds. The Labute approximate surface area is 140 Å². The van der Waals surface area contributed by atoms with E-state index in [9.17, 15) is 9.90 Å². The lowest BCUT2D eigenvalue weighted by Crippen LogP contribution is -2.39. The molecule has 0 fully saturated rings. The zero-order valence-corrected chi connectivity index (χ0v) is 14.4. The van der Waals surface area contributed by atoms with Gasteiger partial charge in [0.05, 0.1) is 12.1 Å². The van der Waals surface area contributed by atoms with Crippen molar-refractivity contribution in [2.24, 2.45) is 0 Å². The molecule has 0 radical (unpaired) electrons. The Morgan fingerprint density at radius 1 is 1.30 bits per heavy atom. The lowest BCUT2D eigenvalue weighted by Gasteiger charge is -2.25. The highest BCUT2D eigenvalue weighted by molar-refractivity contribution is 6.31. The highest BCUT2D eigenvalue weighted by Gasteiger charge is 2.27. The van der Waals surface area contributed by atoms with Crippen LogP contribution in [0.3, 0.4) is 0 Å². The van der Waals surface area contributed by atoms with E-state index >= 15 is 0 Å². The van der Waals surface area contributed by atoms with Crippen molar-refractivity contribution < 1.29 is 9.90 Å². The second-order valence-electron chi connectivity index (χ2n) is 6.62. The fourth-order valence-electron chi connectivity index (χ4n) is 2.01. The number of hydrogen-bond donors (Lipinski definition) is 2. The van der Waals surface area contributed by atoms with E-state index in [0.717, 1.165) is 0 Å². The number of aliphatic hydroxyl groups is 1. The first-order chi connectivity index (χ1) is 10.6. The number of nitrogens with one attached hydrogen (secondary N) is 1. The van der Waals surface area contributed by atoms with Crippen LogP contribution >= 0.6 is 11.6 Å². The molecular formula is C16H21ClN4O2. The van der Waals surface area contributed by atoms with E-state index in [2.05, 4.69) is 15.4 Å². The summed E-state index contributed by atoms with van der Waals surface area (Å²) in [5.74, 6) is -0.379. The van der Waals surface area contributed by atoms with Gasteiger partial charge in [-0.25, -0.2) is 9.67 Å². The van der Waals surface area contributed by atoms with Crippen LogP contribution in [0.15, 0.2) is 30.6 Å². The van der Waals surface area contributed by atoms with Gasteiger partial charge in [-0.15, -0.1) is 5.10 Å². The minimum Gasteiger partial charge on any atom is -0.384 e. The second kappa shape index (κ2) is 6.29. The van der Waals surface area contributed by atoms with E-state index in [1.54, 1.807) is 35.9 Å². The van der Waals surface area contributed by atoms with E-state index in [1.807, 2.05) is 20.8 Å². The molecule has 6 nitrogen and oxygen atoms in total. The summed E-state index contributed by atoms with van der Waals surface area (Å²) in [6, 6.07) is 6.98. The predicted octanol–water partition coefficient (Wildman–Crippen LogP) is 2.32. The van der Waals surface area contributed by atoms with Crippen LogP contribution < -0.4 is 5.32 Å². The van der Waals surface area contributed by atoms with Crippen LogP contribution in [0.25, 0.3) is 0 Å². The van der Waals surface area contributed by atoms with Gasteiger partial charge in [-0.1, -0.05) is 29.8 Å². The summed E-state index contributed by atoms with van der Waals surface area (Å²) >= 11 is 6.09. The Hall–Kier alpha value is -1.92. The number of nitrogens with zero attached hydrogens (tertiary/aromatic N) is 3. The van der Waals surface area contributed by atoms with Gasteiger partial charge in [0.15, 0.2) is 0 Å². The van der Waals surface area contributed by atoms with Crippen molar-refractivity contribution in [1.29, 1.82) is 0 Å². The number of halogens is 1. The van der Waals surface area contributed by atoms with E-state index < -0.39 is 11.5 Å². The molecule has 2 rings (SSSR count). The zero-order chi connectivity index (χ0) is 17.3. The quantitative estimate of drug-likeness (QED) is 0.898. The minimum absolute atomic E-state index is 0.000372. The summed E-state index contributed by atoms with van der Waals surface area (Å²) in [7, 11) is 0. The fourth-order valence-corrected chi connectivity index (χ4v) is 2.35. The number of amides is 1. The molecule has 1 aromatic heterocycles. The Kier molecular flexibility index (Phi) is 4.77. The van der Waals surface area contributed by atoms with Crippen LogP contribution in [-0.4, -0.2) is 32.3 Å². The van der Waals surface area contributed by atoms with E-state index in [1.165, 1.54) is 6.33 Å². The van der Waals surface area contributed by atoms with Crippen LogP contribution in [0.2, 0.25) is 5.02 Å². The average Bonchev–Trinajstić information content (AvgIpc) is 2.95. The van der Waals surface area contributed by atoms with Crippen molar-refractivity contribution in [2.45, 2.75) is 38.8 Å². The molecule has 0 bridgehead atoms. The lowest BCUT2D eigenvalue weighted by molar-refractivity contribution is 0.0524. The van der Waals surface area contributed by atoms with Crippen molar-refractivity contribution in [1.82, 2.24) is 20.1 Å². The topological polar surface area (TPSA) is 80.0 Å². The summed E-state index contributed by atoms with van der Waals surface area (Å²) in [5, 5.41) is 17.8. The van der Waals surface area contributed by atoms with Crippen LogP contribution in [-0.2, 0) is 11.1 Å². The Bertz CT molecular complexity index is 704. The number of carbonyl (C=O) groups excluding carboxylic acids is 1. The average molecular weight is 337 g/mol. The molecule has 0 spiro atoms. The molecule has 2 N–H and O–H groups in total. The predicted molar refractivity (Wildman–Crippen MR) is 88.4 cm³/mol. The molecule has 2 aromatic rings. The first kappa shape index (κ1) is 17.4. The van der Waals surface area contributed by atoms with Gasteiger partial charge in [0, 0.05) is 10.6 Å². The Morgan fingerprint density at radius 2 is 1.96 bits per heavy atom. The highest BCUT2D eigenvalue weighted by atomic mass is 35.5. The number of carbonyl (C=O) groups is 1. The van der Waals surface area contributed by atoms with Crippen LogP contribution in [0.4, 0.5) is 0 Å². The Balaban J connectivity index is 2.07. The van der Waals surface area contributed by atoms with E-state index in [4.69, 9.17) is 11.6 Å². The molecule has 0 saturated carbocycles. The van der Waals surface area contributed by atoms with Crippen molar-refractivity contribution in [3.05, 3.63) is 47.0 Å². The largest absolute Gasteiger partial charge is 0.384 e. The standard InChI is InChI=1S/C16H21ClN4O2/c1-15(2,3)21-10-19-13(20-21)14(22)18-9-16(4,23)11-7-5-6-8-12(11)17/h5-8,10,23H,9H2,1-4H3,(H,18,22). The van der Waals surface area contributed by atoms with Gasteiger partial charge in [0.25, 0.3) is 5.91 Å². The SMILES string of the molecule is CC(O)(CNC(=O)c1ncn(C(C)(C)C)n1)c1ccccc1Cl. The molecule has 1 aromatic carbocycles. The summed E-state index contributed by atoms with van der Waals surface area (Å²) < 4.78 is 1.62. The monoisotopic (exact) mass is 336 g/mol. The molecule has 0 saturated heterocycles. The fraction of sp³-hybridized carbons (Fsp3) is 0.438. The number of aromatic nitrogens is 3. The van der Waals surface area contributed by atoms with Crippen molar-refractivity contribution in [3.8, 4) is 0 Å². The van der Waals surface area contributed by atoms with Gasteiger partial charge >= 0.3 is 0 Å². The third-order valence-electron chi connectivity index (χ3n) is 3.43. The minimum atomic E-state index is -1.29. The number of benzene rings is 1. The molecule has 0 aliphatic carbocycles. The zero-order valence-electron chi connectivity index (χ0n) is 13.7. The summed E-state index contributed by atoms with van der Waals surface area (Å²) in [6.07, 6.45) is 1.52. The van der Waals surface area contributed by atoms with Crippen LogP contribution in [0, 0.1) is 0 Å². The van der Waals surface area contributed by atoms with Gasteiger partial charge < -0.3 is 10.4 Å². The third kappa shape index (κ3) is 4.09. The maximum Gasteiger partial charge on any atom is 0.291 e. The molecule has 1 heterocycles. The molecule has 7 heteroatoms. The van der Waals surface area contributed by atoms with Gasteiger partial charge in [0.2, 0.25) is 5.82 Å². The molecule has 0 aliphatic heterocycles. The highest BCUT2D eigenvalue weighted by Crippen LogP contribution is 2.27. The lowest BCUT2D eigenvalue weighted by atomic mass is 9.96. The van der Waals surface area contributed by atoms with E-state index in [0.29, 0.717) is 10.6 Å². The first-order valence-corrected chi connectivity index (χ1v) is 7.67. The molecule has 0 aliphatic rings. The normalized spacial score (nSPS) is 14.3. The maximum absolute atomic E-state index is 12.2. The summed E-state index contributed by atoms with van der Waals surface area (Å²) in [4.78, 5) is 16.2.